The summed E-state index contributed by atoms with van der Waals surface area (Å²) in [4.78, 5) is 26.0. The summed E-state index contributed by atoms with van der Waals surface area (Å²) < 4.78 is 5.21. The zero-order chi connectivity index (χ0) is 20.5. The zero-order valence-electron chi connectivity index (χ0n) is 16.0. The third kappa shape index (κ3) is 3.27. The molecule has 7 nitrogen and oxygen atoms in total. The molecule has 3 aromatic rings. The van der Waals surface area contributed by atoms with Crippen LogP contribution < -0.4 is 15.0 Å². The number of hydrogen-bond donors (Lipinski definition) is 1. The van der Waals surface area contributed by atoms with Gasteiger partial charge in [0.05, 0.1) is 17.6 Å². The maximum Gasteiger partial charge on any atom is 0.272 e. The number of benzene rings is 3. The first-order valence-corrected chi connectivity index (χ1v) is 9.07. The van der Waals surface area contributed by atoms with E-state index in [1.807, 2.05) is 18.2 Å². The number of carbonyl (C=O) groups is 1. The number of rotatable bonds is 4. The van der Waals surface area contributed by atoms with Crippen LogP contribution in [-0.2, 0) is 0 Å². The number of nitro benzene ring substituents is 1. The van der Waals surface area contributed by atoms with E-state index in [1.54, 1.807) is 61.4 Å². The van der Waals surface area contributed by atoms with Crippen LogP contribution in [0.3, 0.4) is 0 Å². The van der Waals surface area contributed by atoms with Crippen LogP contribution in [0.25, 0.3) is 0 Å². The van der Waals surface area contributed by atoms with Gasteiger partial charge in [0.15, 0.2) is 0 Å². The third-order valence-electron chi connectivity index (χ3n) is 5.02. The van der Waals surface area contributed by atoms with Crippen molar-refractivity contribution in [3.63, 3.8) is 0 Å². The Balaban J connectivity index is 1.86. The largest absolute Gasteiger partial charge is 0.497 e. The zero-order valence-corrected chi connectivity index (χ0v) is 16.0. The number of carbonyl (C=O) groups excluding carboxylic acids is 1. The van der Waals surface area contributed by atoms with E-state index in [2.05, 4.69) is 5.32 Å². The Morgan fingerprint density at radius 1 is 1.07 bits per heavy atom. The van der Waals surface area contributed by atoms with Gasteiger partial charge in [-0.1, -0.05) is 24.3 Å². The fourth-order valence-corrected chi connectivity index (χ4v) is 3.49. The Morgan fingerprint density at radius 3 is 2.48 bits per heavy atom. The van der Waals surface area contributed by atoms with Crippen LogP contribution in [-0.4, -0.2) is 17.9 Å². The predicted molar refractivity (Wildman–Crippen MR) is 110 cm³/mol. The van der Waals surface area contributed by atoms with E-state index in [0.29, 0.717) is 33.8 Å². The smallest absolute Gasteiger partial charge is 0.272 e. The Morgan fingerprint density at radius 2 is 1.79 bits per heavy atom. The van der Waals surface area contributed by atoms with E-state index in [-0.39, 0.29) is 11.6 Å². The Hall–Kier alpha value is -3.87. The van der Waals surface area contributed by atoms with Gasteiger partial charge < -0.3 is 10.1 Å². The van der Waals surface area contributed by atoms with Crippen LogP contribution in [0, 0.1) is 17.0 Å². The highest BCUT2D eigenvalue weighted by Crippen LogP contribution is 2.38. The second-order valence-corrected chi connectivity index (χ2v) is 6.77. The van der Waals surface area contributed by atoms with Gasteiger partial charge in [-0.25, -0.2) is 0 Å². The van der Waals surface area contributed by atoms with E-state index in [9.17, 15) is 14.9 Å². The summed E-state index contributed by atoms with van der Waals surface area (Å²) in [5.74, 6) is 0.492. The van der Waals surface area contributed by atoms with Crippen molar-refractivity contribution in [2.24, 2.45) is 0 Å². The lowest BCUT2D eigenvalue weighted by molar-refractivity contribution is -0.385. The molecule has 0 radical (unpaired) electrons. The minimum Gasteiger partial charge on any atom is -0.497 e. The molecule has 7 heteroatoms. The van der Waals surface area contributed by atoms with E-state index in [4.69, 9.17) is 4.74 Å². The molecule has 0 aliphatic carbocycles. The maximum atomic E-state index is 13.4. The van der Waals surface area contributed by atoms with Gasteiger partial charge in [-0.3, -0.25) is 19.8 Å². The van der Waals surface area contributed by atoms with E-state index in [1.165, 1.54) is 6.07 Å². The first kappa shape index (κ1) is 18.5. The number of methoxy groups -OCH3 is 1. The molecule has 0 fully saturated rings. The predicted octanol–water partition coefficient (Wildman–Crippen LogP) is 4.68. The second-order valence-electron chi connectivity index (χ2n) is 6.77. The summed E-state index contributed by atoms with van der Waals surface area (Å²) in [7, 11) is 1.58. The average molecular weight is 389 g/mol. The standard InChI is InChI=1S/C22H19N3O4/c1-14-7-8-15(13-20(14)25(27)28)21-23-19-6-4-3-5-18(19)22(26)24(21)16-9-11-17(29-2)12-10-16/h3-13,21,23H,1-2H3/t21-/m1/s1. The monoisotopic (exact) mass is 389 g/mol. The summed E-state index contributed by atoms with van der Waals surface area (Å²) in [5.41, 5.74) is 3.10. The highest BCUT2D eigenvalue weighted by molar-refractivity contribution is 6.12. The van der Waals surface area contributed by atoms with Gasteiger partial charge in [0.25, 0.3) is 11.6 Å². The van der Waals surface area contributed by atoms with Crippen LogP contribution >= 0.6 is 0 Å². The molecule has 1 aliphatic heterocycles. The van der Waals surface area contributed by atoms with Crippen LogP contribution in [0.4, 0.5) is 17.1 Å². The molecule has 1 N–H and O–H groups in total. The SMILES string of the molecule is COc1ccc(N2C(=O)c3ccccc3N[C@H]2c2ccc(C)c([N+](=O)[O-])c2)cc1. The molecule has 1 heterocycles. The molecule has 29 heavy (non-hydrogen) atoms. The quantitative estimate of drug-likeness (QED) is 0.517. The molecular formula is C22H19N3O4. The minimum absolute atomic E-state index is 0.0188. The van der Waals surface area contributed by atoms with Crippen LogP contribution in [0.15, 0.2) is 66.7 Å². The molecule has 4 rings (SSSR count). The number of anilines is 2. The van der Waals surface area contributed by atoms with Gasteiger partial charge in [0, 0.05) is 28.6 Å². The van der Waals surface area contributed by atoms with Crippen LogP contribution in [0.5, 0.6) is 5.75 Å². The molecule has 0 aromatic heterocycles. The van der Waals surface area contributed by atoms with Crippen molar-refractivity contribution in [1.29, 1.82) is 0 Å². The first-order chi connectivity index (χ1) is 14.0. The normalized spacial score (nSPS) is 15.4. The van der Waals surface area contributed by atoms with E-state index < -0.39 is 11.1 Å². The lowest BCUT2D eigenvalue weighted by Gasteiger charge is -2.38. The second kappa shape index (κ2) is 7.27. The van der Waals surface area contributed by atoms with Crippen molar-refractivity contribution in [2.75, 3.05) is 17.3 Å². The Bertz CT molecular complexity index is 1100. The first-order valence-electron chi connectivity index (χ1n) is 9.07. The molecule has 0 unspecified atom stereocenters. The maximum absolute atomic E-state index is 13.4. The van der Waals surface area contributed by atoms with Crippen molar-refractivity contribution in [3.8, 4) is 5.75 Å². The van der Waals surface area contributed by atoms with E-state index >= 15 is 0 Å². The average Bonchev–Trinajstić information content (AvgIpc) is 2.74. The van der Waals surface area contributed by atoms with Gasteiger partial charge in [-0.05, 0) is 43.3 Å². The molecule has 146 valence electrons. The number of hydrogen-bond acceptors (Lipinski definition) is 5. The molecule has 0 saturated carbocycles. The van der Waals surface area contributed by atoms with Gasteiger partial charge in [-0.2, -0.15) is 0 Å². The third-order valence-corrected chi connectivity index (χ3v) is 5.02. The molecule has 1 amide bonds. The van der Waals surface area contributed by atoms with Crippen molar-refractivity contribution in [2.45, 2.75) is 13.1 Å². The Kier molecular flexibility index (Phi) is 4.64. The number of para-hydroxylation sites is 1. The number of aryl methyl sites for hydroxylation is 1. The van der Waals surface area contributed by atoms with E-state index in [0.717, 1.165) is 0 Å². The molecular weight excluding hydrogens is 370 g/mol. The summed E-state index contributed by atoms with van der Waals surface area (Å²) in [6, 6.07) is 19.4. The van der Waals surface area contributed by atoms with Crippen LogP contribution in [0.1, 0.15) is 27.7 Å². The van der Waals surface area contributed by atoms with Gasteiger partial charge >= 0.3 is 0 Å². The number of amides is 1. The number of fused-ring (bicyclic) bond motifs is 1. The fraction of sp³-hybridized carbons (Fsp3) is 0.136. The number of ether oxygens (including phenoxy) is 1. The van der Waals surface area contributed by atoms with Gasteiger partial charge in [0.2, 0.25) is 0 Å². The number of nitrogens with zero attached hydrogens (tertiary/aromatic N) is 2. The molecule has 0 bridgehead atoms. The number of nitrogens with one attached hydrogen (secondary N) is 1. The number of nitro groups is 1. The molecule has 0 spiro atoms. The van der Waals surface area contributed by atoms with Crippen molar-refractivity contribution in [1.82, 2.24) is 0 Å². The van der Waals surface area contributed by atoms with Crippen molar-refractivity contribution in [3.05, 3.63) is 93.5 Å². The molecule has 1 aliphatic rings. The summed E-state index contributed by atoms with van der Waals surface area (Å²) in [6.07, 6.45) is -0.593. The lowest BCUT2D eigenvalue weighted by Crippen LogP contribution is -2.43. The summed E-state index contributed by atoms with van der Waals surface area (Å²) in [5, 5.41) is 14.8. The molecule has 3 aromatic carbocycles. The highest BCUT2D eigenvalue weighted by Gasteiger charge is 2.34. The van der Waals surface area contributed by atoms with Gasteiger partial charge in [0.1, 0.15) is 11.9 Å². The van der Waals surface area contributed by atoms with Crippen LogP contribution in [0.2, 0.25) is 0 Å². The fourth-order valence-electron chi connectivity index (χ4n) is 3.49. The minimum atomic E-state index is -0.593. The Labute approximate surface area is 167 Å². The van der Waals surface area contributed by atoms with Crippen molar-refractivity contribution < 1.29 is 14.5 Å². The topological polar surface area (TPSA) is 84.7 Å². The molecule has 1 atom stereocenters. The summed E-state index contributed by atoms with van der Waals surface area (Å²) in [6.45, 7) is 1.69. The van der Waals surface area contributed by atoms with Crippen molar-refractivity contribution >= 4 is 23.0 Å². The van der Waals surface area contributed by atoms with Gasteiger partial charge in [-0.15, -0.1) is 0 Å². The summed E-state index contributed by atoms with van der Waals surface area (Å²) >= 11 is 0. The molecule has 0 saturated heterocycles. The lowest BCUT2D eigenvalue weighted by atomic mass is 10.0. The highest BCUT2D eigenvalue weighted by atomic mass is 16.6.